The molecule has 2 N–H and O–H groups in total. The molecule has 0 unspecified atom stereocenters. The number of anilines is 1. The number of aliphatic hydroxyl groups is 1. The Kier molecular flexibility index (Phi) is 4.34. The van der Waals surface area contributed by atoms with Crippen LogP contribution in [0.5, 0.6) is 0 Å². The number of likely N-dealkylation sites (tertiary alicyclic amines) is 1. The highest BCUT2D eigenvalue weighted by Gasteiger charge is 2.28. The minimum absolute atomic E-state index is 0.00422. The van der Waals surface area contributed by atoms with Gasteiger partial charge in [-0.15, -0.1) is 5.10 Å². The third kappa shape index (κ3) is 3.22. The molecule has 1 aromatic heterocycles. The van der Waals surface area contributed by atoms with Gasteiger partial charge in [0.05, 0.1) is 18.3 Å². The van der Waals surface area contributed by atoms with Crippen molar-refractivity contribution in [2.75, 3.05) is 18.5 Å². The second-order valence-electron chi connectivity index (χ2n) is 6.02. The normalized spacial score (nSPS) is 17.5. The van der Waals surface area contributed by atoms with Gasteiger partial charge in [0, 0.05) is 18.3 Å². The molecule has 1 atom stereocenters. The number of hydrogen-bond donors (Lipinski definition) is 2. The van der Waals surface area contributed by atoms with E-state index in [-0.39, 0.29) is 18.7 Å². The maximum absolute atomic E-state index is 12.3. The highest BCUT2D eigenvalue weighted by molar-refractivity contribution is 5.88. The molecule has 6 heteroatoms. The zero-order chi connectivity index (χ0) is 16.4. The lowest BCUT2D eigenvalue weighted by Gasteiger charge is -2.22. The van der Waals surface area contributed by atoms with Gasteiger partial charge >= 0.3 is 6.03 Å². The first kappa shape index (κ1) is 15.6. The van der Waals surface area contributed by atoms with Crippen molar-refractivity contribution < 1.29 is 9.90 Å². The highest BCUT2D eigenvalue weighted by Crippen LogP contribution is 2.20. The fraction of sp³-hybridized carbons (Fsp3) is 0.412. The first-order valence-corrected chi connectivity index (χ1v) is 7.90. The SMILES string of the molecule is Cc1ccc(-n2nc(NC(=O)N3CCC[C@H]3CO)cc2C)cc1. The first-order chi connectivity index (χ1) is 11.1. The summed E-state index contributed by atoms with van der Waals surface area (Å²) in [6.45, 7) is 4.67. The summed E-state index contributed by atoms with van der Waals surface area (Å²) in [7, 11) is 0. The van der Waals surface area contributed by atoms with Crippen molar-refractivity contribution in [2.45, 2.75) is 32.7 Å². The Morgan fingerprint density at radius 3 is 2.78 bits per heavy atom. The number of amides is 2. The molecule has 23 heavy (non-hydrogen) atoms. The molecule has 0 aliphatic carbocycles. The second kappa shape index (κ2) is 6.42. The van der Waals surface area contributed by atoms with E-state index in [4.69, 9.17) is 0 Å². The predicted octanol–water partition coefficient (Wildman–Crippen LogP) is 2.48. The maximum atomic E-state index is 12.3. The van der Waals surface area contributed by atoms with Crippen molar-refractivity contribution in [1.29, 1.82) is 0 Å². The molecule has 2 heterocycles. The monoisotopic (exact) mass is 314 g/mol. The molecule has 3 rings (SSSR count). The Morgan fingerprint density at radius 1 is 1.35 bits per heavy atom. The summed E-state index contributed by atoms with van der Waals surface area (Å²) in [6, 6.07) is 9.63. The standard InChI is InChI=1S/C17H22N4O2/c1-12-5-7-14(8-6-12)21-13(2)10-16(19-21)18-17(23)20-9-3-4-15(20)11-22/h5-8,10,15,22H,3-4,9,11H2,1-2H3,(H,18,19,23)/t15-/m0/s1. The van der Waals surface area contributed by atoms with Crippen molar-refractivity contribution in [2.24, 2.45) is 0 Å². The fourth-order valence-corrected chi connectivity index (χ4v) is 2.96. The largest absolute Gasteiger partial charge is 0.394 e. The van der Waals surface area contributed by atoms with Crippen molar-refractivity contribution >= 4 is 11.8 Å². The smallest absolute Gasteiger partial charge is 0.323 e. The van der Waals surface area contributed by atoms with Crippen LogP contribution in [0.2, 0.25) is 0 Å². The number of rotatable bonds is 3. The van der Waals surface area contributed by atoms with Crippen molar-refractivity contribution in [1.82, 2.24) is 14.7 Å². The van der Waals surface area contributed by atoms with Crippen molar-refractivity contribution in [3.8, 4) is 5.69 Å². The number of nitrogens with one attached hydrogen (secondary N) is 1. The van der Waals surface area contributed by atoms with Crippen LogP contribution in [0.1, 0.15) is 24.1 Å². The van der Waals surface area contributed by atoms with Crippen LogP contribution in [0, 0.1) is 13.8 Å². The van der Waals surface area contributed by atoms with Gasteiger partial charge in [-0.3, -0.25) is 5.32 Å². The van der Waals surface area contributed by atoms with Gasteiger partial charge in [0.15, 0.2) is 5.82 Å². The minimum Gasteiger partial charge on any atom is -0.394 e. The Morgan fingerprint density at radius 2 is 2.09 bits per heavy atom. The van der Waals surface area contributed by atoms with Crippen LogP contribution >= 0.6 is 0 Å². The van der Waals surface area contributed by atoms with Crippen LogP contribution in [0.25, 0.3) is 5.69 Å². The molecule has 1 aliphatic rings. The Hall–Kier alpha value is -2.34. The molecule has 1 saturated heterocycles. The molecule has 0 saturated carbocycles. The molecular weight excluding hydrogens is 292 g/mol. The zero-order valence-corrected chi connectivity index (χ0v) is 13.5. The summed E-state index contributed by atoms with van der Waals surface area (Å²) in [5, 5.41) is 16.6. The highest BCUT2D eigenvalue weighted by atomic mass is 16.3. The fourth-order valence-electron chi connectivity index (χ4n) is 2.96. The second-order valence-corrected chi connectivity index (χ2v) is 6.02. The molecule has 0 radical (unpaired) electrons. The first-order valence-electron chi connectivity index (χ1n) is 7.90. The Bertz CT molecular complexity index is 693. The van der Waals surface area contributed by atoms with Crippen LogP contribution in [-0.4, -0.2) is 45.0 Å². The minimum atomic E-state index is -0.199. The number of hydrogen-bond acceptors (Lipinski definition) is 3. The summed E-state index contributed by atoms with van der Waals surface area (Å²) >= 11 is 0. The topological polar surface area (TPSA) is 70.4 Å². The van der Waals surface area contributed by atoms with Gasteiger partial charge in [0.2, 0.25) is 0 Å². The number of aryl methyl sites for hydroxylation is 2. The van der Waals surface area contributed by atoms with E-state index in [1.807, 2.05) is 48.9 Å². The van der Waals surface area contributed by atoms with Gasteiger partial charge in [0.25, 0.3) is 0 Å². The summed E-state index contributed by atoms with van der Waals surface area (Å²) in [6.07, 6.45) is 1.77. The number of benzene rings is 1. The van der Waals surface area contributed by atoms with E-state index in [1.54, 1.807) is 4.90 Å². The summed E-state index contributed by atoms with van der Waals surface area (Å²) in [5.41, 5.74) is 3.10. The zero-order valence-electron chi connectivity index (χ0n) is 13.5. The lowest BCUT2D eigenvalue weighted by molar-refractivity contribution is 0.166. The van der Waals surface area contributed by atoms with Crippen LogP contribution < -0.4 is 5.32 Å². The molecule has 0 bridgehead atoms. The van der Waals surface area contributed by atoms with E-state index >= 15 is 0 Å². The molecule has 1 aliphatic heterocycles. The van der Waals surface area contributed by atoms with Crippen LogP contribution in [0.15, 0.2) is 30.3 Å². The number of carbonyl (C=O) groups excluding carboxylic acids is 1. The van der Waals surface area contributed by atoms with Gasteiger partial charge in [-0.1, -0.05) is 17.7 Å². The predicted molar refractivity (Wildman–Crippen MR) is 88.9 cm³/mol. The van der Waals surface area contributed by atoms with Crippen LogP contribution in [-0.2, 0) is 0 Å². The third-order valence-electron chi connectivity index (χ3n) is 4.25. The van der Waals surface area contributed by atoms with E-state index in [2.05, 4.69) is 10.4 Å². The van der Waals surface area contributed by atoms with Gasteiger partial charge in [0.1, 0.15) is 0 Å². The van der Waals surface area contributed by atoms with E-state index in [1.165, 1.54) is 5.56 Å². The summed E-state index contributed by atoms with van der Waals surface area (Å²) in [4.78, 5) is 14.0. The molecule has 122 valence electrons. The van der Waals surface area contributed by atoms with Crippen molar-refractivity contribution in [3.63, 3.8) is 0 Å². The molecule has 6 nitrogen and oxygen atoms in total. The average molecular weight is 314 g/mol. The Labute approximate surface area is 135 Å². The molecule has 1 aromatic carbocycles. The summed E-state index contributed by atoms with van der Waals surface area (Å²) < 4.78 is 1.81. The molecule has 0 spiro atoms. The lowest BCUT2D eigenvalue weighted by Crippen LogP contribution is -2.40. The number of carbonyl (C=O) groups is 1. The van der Waals surface area contributed by atoms with E-state index < -0.39 is 0 Å². The Balaban J connectivity index is 1.76. The molecule has 2 aromatic rings. The van der Waals surface area contributed by atoms with E-state index in [9.17, 15) is 9.90 Å². The van der Waals surface area contributed by atoms with E-state index in [0.717, 1.165) is 24.2 Å². The third-order valence-corrected chi connectivity index (χ3v) is 4.25. The van der Waals surface area contributed by atoms with Gasteiger partial charge in [-0.05, 0) is 38.8 Å². The number of aromatic nitrogens is 2. The number of aliphatic hydroxyl groups excluding tert-OH is 1. The number of nitrogens with zero attached hydrogens (tertiary/aromatic N) is 3. The van der Waals surface area contributed by atoms with Gasteiger partial charge in [-0.25, -0.2) is 9.48 Å². The number of urea groups is 1. The van der Waals surface area contributed by atoms with E-state index in [0.29, 0.717) is 12.4 Å². The van der Waals surface area contributed by atoms with Gasteiger partial charge < -0.3 is 10.0 Å². The maximum Gasteiger partial charge on any atom is 0.323 e. The van der Waals surface area contributed by atoms with Crippen LogP contribution in [0.3, 0.4) is 0 Å². The molecule has 1 fully saturated rings. The van der Waals surface area contributed by atoms with Gasteiger partial charge in [-0.2, -0.15) is 0 Å². The van der Waals surface area contributed by atoms with Crippen molar-refractivity contribution in [3.05, 3.63) is 41.6 Å². The lowest BCUT2D eigenvalue weighted by atomic mass is 10.2. The quantitative estimate of drug-likeness (QED) is 0.914. The average Bonchev–Trinajstić information content (AvgIpc) is 3.14. The van der Waals surface area contributed by atoms with Crippen LogP contribution in [0.4, 0.5) is 10.6 Å². The summed E-state index contributed by atoms with van der Waals surface area (Å²) in [5.74, 6) is 0.525. The molecule has 2 amide bonds. The molecular formula is C17H22N4O2.